The molecule has 7 nitrogen and oxygen atoms in total. The lowest BCUT2D eigenvalue weighted by molar-refractivity contribution is -0.138. The lowest BCUT2D eigenvalue weighted by atomic mass is 10.0. The molecule has 0 aromatic heterocycles. The van der Waals surface area contributed by atoms with Crippen LogP contribution in [0.3, 0.4) is 0 Å². The van der Waals surface area contributed by atoms with Crippen LogP contribution in [0.1, 0.15) is 35.3 Å². The average Bonchev–Trinajstić information content (AvgIpc) is 3.11. The maximum atomic E-state index is 13.2. The predicted molar refractivity (Wildman–Crippen MR) is 126 cm³/mol. The van der Waals surface area contributed by atoms with E-state index >= 15 is 0 Å². The largest absolute Gasteiger partial charge is 0.372 e. The molecule has 1 fully saturated rings. The van der Waals surface area contributed by atoms with Gasteiger partial charge in [-0.05, 0) is 32.0 Å². The van der Waals surface area contributed by atoms with Gasteiger partial charge in [-0.2, -0.15) is 5.26 Å². The molecule has 168 valence electrons. The molecule has 9 heteroatoms. The van der Waals surface area contributed by atoms with Crippen molar-refractivity contribution >= 4 is 46.5 Å². The van der Waals surface area contributed by atoms with Gasteiger partial charge in [-0.25, -0.2) is 4.99 Å². The molecule has 2 heterocycles. The average molecular weight is 483 g/mol. The highest BCUT2D eigenvalue weighted by atomic mass is 35.5. The predicted octanol–water partition coefficient (Wildman–Crippen LogP) is 4.05. The van der Waals surface area contributed by atoms with Crippen molar-refractivity contribution in [2.24, 2.45) is 4.99 Å². The number of halogens is 2. The fraction of sp³-hybridized carbons (Fsp3) is 0.250. The molecule has 0 aliphatic carbocycles. The SMILES string of the molecule is CC1CN(C(=O)/C(C#N)=C2\N=C(NC(=O)c3ccc(Cl)cc3Cl)c3ccccc32)CC(C)O1. The number of aliphatic imine (C=N–C) groups is 1. The molecule has 2 aromatic rings. The number of hydrogen-bond donors (Lipinski definition) is 1. The van der Waals surface area contributed by atoms with E-state index in [0.29, 0.717) is 29.2 Å². The first kappa shape index (κ1) is 23.0. The maximum Gasteiger partial charge on any atom is 0.266 e. The minimum atomic E-state index is -0.480. The van der Waals surface area contributed by atoms with E-state index in [1.165, 1.54) is 12.1 Å². The molecule has 0 spiro atoms. The first-order valence-electron chi connectivity index (χ1n) is 10.3. The van der Waals surface area contributed by atoms with Gasteiger partial charge in [0.1, 0.15) is 17.5 Å². The first-order valence-corrected chi connectivity index (χ1v) is 11.1. The van der Waals surface area contributed by atoms with Gasteiger partial charge >= 0.3 is 0 Å². The number of carbonyl (C=O) groups is 2. The number of amidine groups is 1. The van der Waals surface area contributed by atoms with Crippen LogP contribution in [0.5, 0.6) is 0 Å². The van der Waals surface area contributed by atoms with Gasteiger partial charge in [-0.1, -0.05) is 47.5 Å². The van der Waals surface area contributed by atoms with Crippen LogP contribution in [-0.4, -0.2) is 47.8 Å². The summed E-state index contributed by atoms with van der Waals surface area (Å²) in [5, 5.41) is 13.2. The number of morpholine rings is 1. The highest BCUT2D eigenvalue weighted by Crippen LogP contribution is 2.32. The van der Waals surface area contributed by atoms with Crippen molar-refractivity contribution in [3.63, 3.8) is 0 Å². The van der Waals surface area contributed by atoms with Crippen molar-refractivity contribution in [1.29, 1.82) is 5.26 Å². The van der Waals surface area contributed by atoms with E-state index in [1.54, 1.807) is 35.2 Å². The quantitative estimate of drug-likeness (QED) is 0.515. The summed E-state index contributed by atoms with van der Waals surface area (Å²) in [5.74, 6) is -0.658. The van der Waals surface area contributed by atoms with Crippen LogP contribution in [0.15, 0.2) is 53.0 Å². The third kappa shape index (κ3) is 4.64. The van der Waals surface area contributed by atoms with Gasteiger partial charge in [0.25, 0.3) is 11.8 Å². The Kier molecular flexibility index (Phi) is 6.52. The molecule has 0 bridgehead atoms. The monoisotopic (exact) mass is 482 g/mol. The topological polar surface area (TPSA) is 94.8 Å². The Morgan fingerprint density at radius 3 is 2.42 bits per heavy atom. The van der Waals surface area contributed by atoms with Crippen molar-refractivity contribution in [1.82, 2.24) is 10.2 Å². The molecular weight excluding hydrogens is 463 g/mol. The van der Waals surface area contributed by atoms with E-state index in [9.17, 15) is 14.9 Å². The van der Waals surface area contributed by atoms with Crippen molar-refractivity contribution in [3.8, 4) is 6.07 Å². The smallest absolute Gasteiger partial charge is 0.266 e. The Labute approximate surface area is 201 Å². The van der Waals surface area contributed by atoms with E-state index in [1.807, 2.05) is 19.9 Å². The summed E-state index contributed by atoms with van der Waals surface area (Å²) in [6.45, 7) is 4.53. The molecule has 4 rings (SSSR count). The van der Waals surface area contributed by atoms with Crippen LogP contribution in [-0.2, 0) is 9.53 Å². The molecule has 2 amide bonds. The second kappa shape index (κ2) is 9.36. The number of hydrogen-bond acceptors (Lipinski definition) is 5. The lowest BCUT2D eigenvalue weighted by Gasteiger charge is -2.35. The second-order valence-corrected chi connectivity index (χ2v) is 8.73. The summed E-state index contributed by atoms with van der Waals surface area (Å²) in [7, 11) is 0. The van der Waals surface area contributed by atoms with Crippen LogP contribution < -0.4 is 5.32 Å². The minimum absolute atomic E-state index is 0.0856. The number of benzene rings is 2. The molecule has 2 aromatic carbocycles. The second-order valence-electron chi connectivity index (χ2n) is 7.89. The van der Waals surface area contributed by atoms with Crippen LogP contribution in [0.4, 0.5) is 0 Å². The van der Waals surface area contributed by atoms with Crippen LogP contribution in [0.2, 0.25) is 10.0 Å². The van der Waals surface area contributed by atoms with Gasteiger partial charge in [0.05, 0.1) is 28.5 Å². The van der Waals surface area contributed by atoms with E-state index in [4.69, 9.17) is 27.9 Å². The Bertz CT molecular complexity index is 1240. The van der Waals surface area contributed by atoms with Crippen molar-refractivity contribution in [2.45, 2.75) is 26.1 Å². The molecule has 2 aliphatic rings. The molecule has 1 N–H and O–H groups in total. The fourth-order valence-corrected chi connectivity index (χ4v) is 4.46. The first-order chi connectivity index (χ1) is 15.8. The Morgan fingerprint density at radius 2 is 1.79 bits per heavy atom. The highest BCUT2D eigenvalue weighted by molar-refractivity contribution is 6.37. The third-order valence-electron chi connectivity index (χ3n) is 5.34. The van der Waals surface area contributed by atoms with Crippen LogP contribution in [0.25, 0.3) is 5.70 Å². The van der Waals surface area contributed by atoms with Crippen LogP contribution in [0, 0.1) is 11.3 Å². The molecule has 1 saturated heterocycles. The van der Waals surface area contributed by atoms with Crippen molar-refractivity contribution < 1.29 is 14.3 Å². The van der Waals surface area contributed by atoms with E-state index in [2.05, 4.69) is 10.3 Å². The van der Waals surface area contributed by atoms with Gasteiger partial charge < -0.3 is 15.0 Å². The van der Waals surface area contributed by atoms with E-state index < -0.39 is 11.8 Å². The van der Waals surface area contributed by atoms with E-state index in [0.717, 1.165) is 0 Å². The van der Waals surface area contributed by atoms with Crippen molar-refractivity contribution in [2.75, 3.05) is 13.1 Å². The molecule has 33 heavy (non-hydrogen) atoms. The number of nitrogens with one attached hydrogen (secondary N) is 1. The summed E-state index contributed by atoms with van der Waals surface area (Å²) >= 11 is 12.1. The molecule has 0 radical (unpaired) electrons. The molecule has 2 unspecified atom stereocenters. The normalized spacial score (nSPS) is 21.1. The number of carbonyl (C=O) groups excluding carboxylic acids is 2. The maximum absolute atomic E-state index is 13.2. The lowest BCUT2D eigenvalue weighted by Crippen LogP contribution is -2.48. The zero-order valence-electron chi connectivity index (χ0n) is 17.9. The number of amides is 2. The third-order valence-corrected chi connectivity index (χ3v) is 5.89. The number of ether oxygens (including phenoxy) is 1. The summed E-state index contributed by atoms with van der Waals surface area (Å²) in [5.41, 5.74) is 1.57. The van der Waals surface area contributed by atoms with Gasteiger partial charge in [0.15, 0.2) is 0 Å². The Hall–Kier alpha value is -3.18. The number of nitrogens with zero attached hydrogens (tertiary/aromatic N) is 3. The summed E-state index contributed by atoms with van der Waals surface area (Å²) in [4.78, 5) is 32.2. The summed E-state index contributed by atoms with van der Waals surface area (Å²) in [6.07, 6.45) is -0.276. The summed E-state index contributed by atoms with van der Waals surface area (Å²) < 4.78 is 5.69. The number of fused-ring (bicyclic) bond motifs is 1. The fourth-order valence-electron chi connectivity index (χ4n) is 3.97. The minimum Gasteiger partial charge on any atom is -0.372 e. The van der Waals surface area contributed by atoms with E-state index in [-0.39, 0.29) is 39.9 Å². The summed E-state index contributed by atoms with van der Waals surface area (Å²) in [6, 6.07) is 13.7. The standard InChI is InChI=1S/C24H20Cl2N4O3/c1-13-11-30(12-14(2)33-13)24(32)19(10-27)21-16-5-3-4-6-17(16)22(28-21)29-23(31)18-8-7-15(25)9-20(18)26/h3-9,13-14H,11-12H2,1-2H3,(H,28,29,31)/b21-19-. The zero-order valence-corrected chi connectivity index (χ0v) is 19.4. The molecule has 0 saturated carbocycles. The van der Waals surface area contributed by atoms with Crippen LogP contribution >= 0.6 is 23.2 Å². The van der Waals surface area contributed by atoms with Gasteiger partial charge in [-0.15, -0.1) is 0 Å². The van der Waals surface area contributed by atoms with Gasteiger partial charge in [0, 0.05) is 29.2 Å². The molecular formula is C24H20Cl2N4O3. The molecule has 2 atom stereocenters. The zero-order chi connectivity index (χ0) is 23.7. The highest BCUT2D eigenvalue weighted by Gasteiger charge is 2.32. The van der Waals surface area contributed by atoms with Crippen molar-refractivity contribution in [3.05, 3.63) is 74.8 Å². The van der Waals surface area contributed by atoms with Gasteiger partial charge in [-0.3, -0.25) is 9.59 Å². The Morgan fingerprint density at radius 1 is 1.12 bits per heavy atom. The Balaban J connectivity index is 1.71. The molecule has 2 aliphatic heterocycles. The number of rotatable bonds is 2. The van der Waals surface area contributed by atoms with Gasteiger partial charge in [0.2, 0.25) is 0 Å². The number of nitriles is 1.